The van der Waals surface area contributed by atoms with E-state index >= 15 is 0 Å². The Bertz CT molecular complexity index is 344. The van der Waals surface area contributed by atoms with E-state index in [0.29, 0.717) is 6.42 Å². The second kappa shape index (κ2) is 7.07. The fourth-order valence-corrected chi connectivity index (χ4v) is 1.63. The molecule has 1 rings (SSSR count). The standard InChI is InChI=1S/C14H22N2O/c1-3-12-7-9-13(10-8-12)16-14(17)6-4-5-11(2)15/h7-11H,3-6,15H2,1-2H3,(H,16,17). The van der Waals surface area contributed by atoms with Gasteiger partial charge in [-0.3, -0.25) is 4.79 Å². The molecule has 0 aromatic heterocycles. The summed E-state index contributed by atoms with van der Waals surface area (Å²) in [6.45, 7) is 4.07. The molecule has 17 heavy (non-hydrogen) atoms. The highest BCUT2D eigenvalue weighted by atomic mass is 16.1. The lowest BCUT2D eigenvalue weighted by molar-refractivity contribution is -0.116. The summed E-state index contributed by atoms with van der Waals surface area (Å²) in [4.78, 5) is 11.6. The van der Waals surface area contributed by atoms with Gasteiger partial charge < -0.3 is 11.1 Å². The maximum Gasteiger partial charge on any atom is 0.224 e. The molecule has 3 nitrogen and oxygen atoms in total. The van der Waals surface area contributed by atoms with Gasteiger partial charge in [-0.2, -0.15) is 0 Å². The molecule has 0 aliphatic heterocycles. The Labute approximate surface area is 103 Å². The Morgan fingerprint density at radius 1 is 1.35 bits per heavy atom. The number of nitrogens with two attached hydrogens (primary N) is 1. The Hall–Kier alpha value is -1.35. The average Bonchev–Trinajstić information content (AvgIpc) is 2.29. The first-order chi connectivity index (χ1) is 8.11. The van der Waals surface area contributed by atoms with Crippen LogP contribution in [0.15, 0.2) is 24.3 Å². The number of aryl methyl sites for hydroxylation is 1. The zero-order valence-corrected chi connectivity index (χ0v) is 10.7. The van der Waals surface area contributed by atoms with Gasteiger partial charge in [0.25, 0.3) is 0 Å². The van der Waals surface area contributed by atoms with Crippen LogP contribution in [0.3, 0.4) is 0 Å². The highest BCUT2D eigenvalue weighted by Crippen LogP contribution is 2.11. The number of rotatable bonds is 6. The summed E-state index contributed by atoms with van der Waals surface area (Å²) in [6.07, 6.45) is 3.29. The van der Waals surface area contributed by atoms with Crippen molar-refractivity contribution >= 4 is 11.6 Å². The van der Waals surface area contributed by atoms with E-state index in [1.165, 1.54) is 5.56 Å². The number of benzene rings is 1. The van der Waals surface area contributed by atoms with E-state index in [0.717, 1.165) is 24.9 Å². The summed E-state index contributed by atoms with van der Waals surface area (Å²) in [5.41, 5.74) is 7.78. The summed E-state index contributed by atoms with van der Waals surface area (Å²) in [6, 6.07) is 8.14. The maximum absolute atomic E-state index is 11.6. The molecule has 0 fully saturated rings. The third-order valence-electron chi connectivity index (χ3n) is 2.71. The van der Waals surface area contributed by atoms with Crippen LogP contribution in [0, 0.1) is 0 Å². The van der Waals surface area contributed by atoms with Gasteiger partial charge in [-0.05, 0) is 43.9 Å². The predicted molar refractivity (Wildman–Crippen MR) is 72.0 cm³/mol. The van der Waals surface area contributed by atoms with Crippen LogP contribution in [0.4, 0.5) is 5.69 Å². The third kappa shape index (κ3) is 5.50. The van der Waals surface area contributed by atoms with Crippen molar-refractivity contribution in [1.29, 1.82) is 0 Å². The Morgan fingerprint density at radius 3 is 2.53 bits per heavy atom. The van der Waals surface area contributed by atoms with Gasteiger partial charge in [-0.15, -0.1) is 0 Å². The first-order valence-electron chi connectivity index (χ1n) is 6.26. The van der Waals surface area contributed by atoms with Crippen LogP contribution in [-0.4, -0.2) is 11.9 Å². The highest BCUT2D eigenvalue weighted by Gasteiger charge is 2.03. The largest absolute Gasteiger partial charge is 0.328 e. The van der Waals surface area contributed by atoms with Crippen molar-refractivity contribution in [2.24, 2.45) is 5.73 Å². The van der Waals surface area contributed by atoms with Crippen LogP contribution in [0.25, 0.3) is 0 Å². The van der Waals surface area contributed by atoms with Crippen LogP contribution in [0.1, 0.15) is 38.7 Å². The number of anilines is 1. The van der Waals surface area contributed by atoms with E-state index in [1.807, 2.05) is 31.2 Å². The summed E-state index contributed by atoms with van der Waals surface area (Å²) >= 11 is 0. The monoisotopic (exact) mass is 234 g/mol. The van der Waals surface area contributed by atoms with E-state index in [1.54, 1.807) is 0 Å². The van der Waals surface area contributed by atoms with Gasteiger partial charge in [0.2, 0.25) is 5.91 Å². The van der Waals surface area contributed by atoms with E-state index in [2.05, 4.69) is 12.2 Å². The van der Waals surface area contributed by atoms with Crippen molar-refractivity contribution in [1.82, 2.24) is 0 Å². The normalized spacial score (nSPS) is 12.2. The van der Waals surface area contributed by atoms with Crippen molar-refractivity contribution in [2.45, 2.75) is 45.6 Å². The quantitative estimate of drug-likeness (QED) is 0.795. The van der Waals surface area contributed by atoms with Crippen molar-refractivity contribution in [2.75, 3.05) is 5.32 Å². The molecule has 0 radical (unpaired) electrons. The minimum Gasteiger partial charge on any atom is -0.328 e. The summed E-state index contributed by atoms with van der Waals surface area (Å²) in [5, 5.41) is 2.89. The van der Waals surface area contributed by atoms with Crippen molar-refractivity contribution in [3.63, 3.8) is 0 Å². The third-order valence-corrected chi connectivity index (χ3v) is 2.71. The number of amides is 1. The molecule has 0 aliphatic carbocycles. The number of nitrogens with one attached hydrogen (secondary N) is 1. The van der Waals surface area contributed by atoms with Crippen LogP contribution < -0.4 is 11.1 Å². The minimum absolute atomic E-state index is 0.0647. The Balaban J connectivity index is 2.34. The van der Waals surface area contributed by atoms with Gasteiger partial charge >= 0.3 is 0 Å². The fourth-order valence-electron chi connectivity index (χ4n) is 1.63. The second-order valence-corrected chi connectivity index (χ2v) is 4.47. The minimum atomic E-state index is 0.0647. The molecule has 1 aromatic carbocycles. The van der Waals surface area contributed by atoms with Crippen molar-refractivity contribution in [3.05, 3.63) is 29.8 Å². The van der Waals surface area contributed by atoms with Gasteiger partial charge in [0.15, 0.2) is 0 Å². The summed E-state index contributed by atoms with van der Waals surface area (Å²) in [5.74, 6) is 0.0647. The second-order valence-electron chi connectivity index (χ2n) is 4.47. The van der Waals surface area contributed by atoms with Gasteiger partial charge in [0.05, 0.1) is 0 Å². The average molecular weight is 234 g/mol. The number of hydrogen-bond acceptors (Lipinski definition) is 2. The number of carbonyl (C=O) groups is 1. The predicted octanol–water partition coefficient (Wildman–Crippen LogP) is 2.71. The molecule has 0 saturated heterocycles. The molecule has 3 heteroatoms. The highest BCUT2D eigenvalue weighted by molar-refractivity contribution is 5.90. The summed E-state index contributed by atoms with van der Waals surface area (Å²) in [7, 11) is 0. The zero-order chi connectivity index (χ0) is 12.7. The molecule has 1 atom stereocenters. The maximum atomic E-state index is 11.6. The lowest BCUT2D eigenvalue weighted by atomic mass is 10.1. The lowest BCUT2D eigenvalue weighted by Crippen LogP contribution is -2.16. The van der Waals surface area contributed by atoms with Crippen molar-refractivity contribution < 1.29 is 4.79 Å². The van der Waals surface area contributed by atoms with E-state index in [9.17, 15) is 4.79 Å². The first kappa shape index (κ1) is 13.7. The lowest BCUT2D eigenvalue weighted by Gasteiger charge is -2.07. The zero-order valence-electron chi connectivity index (χ0n) is 10.7. The van der Waals surface area contributed by atoms with Crippen LogP contribution >= 0.6 is 0 Å². The van der Waals surface area contributed by atoms with E-state index in [-0.39, 0.29) is 11.9 Å². The molecular formula is C14H22N2O. The molecule has 0 bridgehead atoms. The molecular weight excluding hydrogens is 212 g/mol. The molecule has 1 aromatic rings. The van der Waals surface area contributed by atoms with Crippen LogP contribution in [0.2, 0.25) is 0 Å². The Kier molecular flexibility index (Phi) is 5.70. The van der Waals surface area contributed by atoms with Crippen molar-refractivity contribution in [3.8, 4) is 0 Å². The molecule has 0 saturated carbocycles. The number of carbonyl (C=O) groups excluding carboxylic acids is 1. The Morgan fingerprint density at radius 2 is 2.00 bits per heavy atom. The molecule has 0 spiro atoms. The molecule has 1 amide bonds. The van der Waals surface area contributed by atoms with Gasteiger partial charge in [0, 0.05) is 18.2 Å². The van der Waals surface area contributed by atoms with Gasteiger partial charge in [0.1, 0.15) is 0 Å². The van der Waals surface area contributed by atoms with Gasteiger partial charge in [-0.25, -0.2) is 0 Å². The first-order valence-corrected chi connectivity index (χ1v) is 6.26. The molecule has 94 valence electrons. The topological polar surface area (TPSA) is 55.1 Å². The van der Waals surface area contributed by atoms with E-state index < -0.39 is 0 Å². The smallest absolute Gasteiger partial charge is 0.224 e. The van der Waals surface area contributed by atoms with Crippen LogP contribution in [0.5, 0.6) is 0 Å². The molecule has 1 unspecified atom stereocenters. The van der Waals surface area contributed by atoms with Gasteiger partial charge in [-0.1, -0.05) is 19.1 Å². The summed E-state index contributed by atoms with van der Waals surface area (Å²) < 4.78 is 0. The molecule has 0 heterocycles. The SMILES string of the molecule is CCc1ccc(NC(=O)CCCC(C)N)cc1. The number of hydrogen-bond donors (Lipinski definition) is 2. The molecule has 0 aliphatic rings. The van der Waals surface area contributed by atoms with Crippen LogP contribution in [-0.2, 0) is 11.2 Å². The fraction of sp³-hybridized carbons (Fsp3) is 0.500. The van der Waals surface area contributed by atoms with E-state index in [4.69, 9.17) is 5.73 Å². The molecule has 3 N–H and O–H groups in total.